The van der Waals surface area contributed by atoms with E-state index in [1.54, 1.807) is 30.1 Å². The molecule has 0 aliphatic carbocycles. The largest absolute Gasteiger partial charge is 0.493 e. The lowest BCUT2D eigenvalue weighted by atomic mass is 10.1. The van der Waals surface area contributed by atoms with Gasteiger partial charge in [0.1, 0.15) is 0 Å². The van der Waals surface area contributed by atoms with Gasteiger partial charge in [-0.05, 0) is 43.3 Å². The minimum atomic E-state index is 0.0456. The number of methoxy groups -OCH3 is 2. The molecule has 0 atom stereocenters. The van der Waals surface area contributed by atoms with Crippen molar-refractivity contribution in [1.29, 1.82) is 0 Å². The zero-order valence-corrected chi connectivity index (χ0v) is 18.0. The number of pyridine rings is 1. The Labute approximate surface area is 174 Å². The molecule has 6 nitrogen and oxygen atoms in total. The average Bonchev–Trinajstić information content (AvgIpc) is 2.98. The monoisotopic (exact) mass is 413 g/mol. The average molecular weight is 414 g/mol. The van der Waals surface area contributed by atoms with Gasteiger partial charge in [-0.1, -0.05) is 6.07 Å². The molecular formula is C22H27N3O3S. The van der Waals surface area contributed by atoms with Crippen molar-refractivity contribution in [2.75, 3.05) is 40.4 Å². The number of rotatable bonds is 5. The number of thiophene rings is 1. The van der Waals surface area contributed by atoms with Gasteiger partial charge in [0.25, 0.3) is 5.56 Å². The Morgan fingerprint density at radius 1 is 1.10 bits per heavy atom. The topological polar surface area (TPSA) is 55.7 Å². The molecule has 0 amide bonds. The molecule has 0 radical (unpaired) electrons. The Kier molecular flexibility index (Phi) is 5.89. The fourth-order valence-electron chi connectivity index (χ4n) is 3.87. The molecule has 3 heterocycles. The Morgan fingerprint density at radius 2 is 1.93 bits per heavy atom. The molecule has 0 bridgehead atoms. The molecule has 1 N–H and O–H groups in total. The summed E-state index contributed by atoms with van der Waals surface area (Å²) < 4.78 is 13.5. The molecule has 2 aromatic heterocycles. The summed E-state index contributed by atoms with van der Waals surface area (Å²) in [4.78, 5) is 16.5. The van der Waals surface area contributed by atoms with Crippen molar-refractivity contribution >= 4 is 21.4 Å². The number of ether oxygens (including phenoxy) is 2. The number of benzene rings is 1. The maximum atomic E-state index is 12.8. The van der Waals surface area contributed by atoms with Crippen molar-refractivity contribution in [2.45, 2.75) is 13.0 Å². The number of fused-ring (bicyclic) bond motifs is 1. The van der Waals surface area contributed by atoms with Gasteiger partial charge < -0.3 is 19.4 Å². The van der Waals surface area contributed by atoms with Crippen molar-refractivity contribution in [1.82, 2.24) is 14.8 Å². The number of aromatic nitrogens is 1. The second-order valence-electron chi connectivity index (χ2n) is 7.36. The standard InChI is InChI=1S/C22H27N3O3S/c1-24-14-18(15-5-6-19(27-2)20(11-15)28-3)21-17(22(24)26)12-16(29-21)13-25-9-4-7-23-8-10-25/h5-6,11-12,14,23H,4,7-10,13H2,1-3H3. The van der Waals surface area contributed by atoms with Crippen LogP contribution in [0.4, 0.5) is 0 Å². The first-order valence-electron chi connectivity index (χ1n) is 9.88. The minimum Gasteiger partial charge on any atom is -0.493 e. The minimum absolute atomic E-state index is 0.0456. The van der Waals surface area contributed by atoms with Crippen molar-refractivity contribution in [3.8, 4) is 22.6 Å². The quantitative estimate of drug-likeness (QED) is 0.697. The highest BCUT2D eigenvalue weighted by molar-refractivity contribution is 7.19. The summed E-state index contributed by atoms with van der Waals surface area (Å²) in [6.07, 6.45) is 3.08. The Balaban J connectivity index is 1.77. The summed E-state index contributed by atoms with van der Waals surface area (Å²) in [6.45, 7) is 5.10. The molecule has 1 aromatic carbocycles. The molecule has 29 heavy (non-hydrogen) atoms. The third-order valence-corrected chi connectivity index (χ3v) is 6.56. The van der Waals surface area contributed by atoms with E-state index >= 15 is 0 Å². The van der Waals surface area contributed by atoms with E-state index in [0.717, 1.165) is 60.4 Å². The zero-order chi connectivity index (χ0) is 20.4. The SMILES string of the molecule is COc1ccc(-c2cn(C)c(=O)c3cc(CN4CCCNCC4)sc23)cc1OC. The molecule has 1 saturated heterocycles. The third-order valence-electron chi connectivity index (χ3n) is 5.41. The van der Waals surface area contributed by atoms with Crippen LogP contribution in [-0.4, -0.2) is 49.9 Å². The first-order chi connectivity index (χ1) is 14.1. The molecule has 0 unspecified atom stereocenters. The molecule has 3 aromatic rings. The Morgan fingerprint density at radius 3 is 2.72 bits per heavy atom. The summed E-state index contributed by atoms with van der Waals surface area (Å²) in [7, 11) is 5.08. The predicted octanol–water partition coefficient (Wildman–Crippen LogP) is 3.08. The van der Waals surface area contributed by atoms with Crippen LogP contribution in [0.5, 0.6) is 11.5 Å². The van der Waals surface area contributed by atoms with Crippen molar-refractivity contribution < 1.29 is 9.47 Å². The van der Waals surface area contributed by atoms with E-state index in [0.29, 0.717) is 11.5 Å². The Bertz CT molecular complexity index is 1070. The maximum Gasteiger partial charge on any atom is 0.259 e. The van der Waals surface area contributed by atoms with Gasteiger partial charge in [-0.15, -0.1) is 11.3 Å². The third kappa shape index (κ3) is 4.03. The van der Waals surface area contributed by atoms with E-state index in [9.17, 15) is 4.79 Å². The molecule has 154 valence electrons. The summed E-state index contributed by atoms with van der Waals surface area (Å²) in [6, 6.07) is 7.97. The van der Waals surface area contributed by atoms with Crippen LogP contribution in [0.2, 0.25) is 0 Å². The molecular weight excluding hydrogens is 386 g/mol. The van der Waals surface area contributed by atoms with Crippen LogP contribution in [0.15, 0.2) is 35.3 Å². The van der Waals surface area contributed by atoms with Crippen molar-refractivity contribution in [3.05, 3.63) is 45.7 Å². The molecule has 4 rings (SSSR count). The molecule has 0 spiro atoms. The summed E-state index contributed by atoms with van der Waals surface area (Å²) in [5.41, 5.74) is 2.09. The van der Waals surface area contributed by atoms with Crippen LogP contribution in [0.3, 0.4) is 0 Å². The summed E-state index contributed by atoms with van der Waals surface area (Å²) in [5, 5.41) is 4.23. The van der Waals surface area contributed by atoms with E-state index in [1.165, 1.54) is 4.88 Å². The van der Waals surface area contributed by atoms with Crippen molar-refractivity contribution in [3.63, 3.8) is 0 Å². The van der Waals surface area contributed by atoms with Crippen molar-refractivity contribution in [2.24, 2.45) is 7.05 Å². The number of hydrogen-bond donors (Lipinski definition) is 1. The predicted molar refractivity (Wildman–Crippen MR) is 118 cm³/mol. The number of hydrogen-bond acceptors (Lipinski definition) is 6. The van der Waals surface area contributed by atoms with Crippen LogP contribution in [0.25, 0.3) is 21.2 Å². The smallest absolute Gasteiger partial charge is 0.259 e. The first kappa shape index (κ1) is 19.9. The van der Waals surface area contributed by atoms with Gasteiger partial charge in [-0.3, -0.25) is 9.69 Å². The number of aryl methyl sites for hydroxylation is 1. The van der Waals surface area contributed by atoms with Crippen LogP contribution < -0.4 is 20.3 Å². The van der Waals surface area contributed by atoms with E-state index in [4.69, 9.17) is 9.47 Å². The highest BCUT2D eigenvalue weighted by Gasteiger charge is 2.17. The first-order valence-corrected chi connectivity index (χ1v) is 10.7. The highest BCUT2D eigenvalue weighted by atomic mass is 32.1. The van der Waals surface area contributed by atoms with Gasteiger partial charge in [-0.25, -0.2) is 0 Å². The van der Waals surface area contributed by atoms with E-state index in [-0.39, 0.29) is 5.56 Å². The van der Waals surface area contributed by atoms with Gasteiger partial charge in [0.2, 0.25) is 0 Å². The molecule has 1 aliphatic rings. The van der Waals surface area contributed by atoms with Crippen LogP contribution in [0.1, 0.15) is 11.3 Å². The van der Waals surface area contributed by atoms with Crippen LogP contribution >= 0.6 is 11.3 Å². The highest BCUT2D eigenvalue weighted by Crippen LogP contribution is 2.37. The van der Waals surface area contributed by atoms with Crippen LogP contribution in [-0.2, 0) is 13.6 Å². The zero-order valence-electron chi connectivity index (χ0n) is 17.2. The molecule has 7 heteroatoms. The second kappa shape index (κ2) is 8.57. The lowest BCUT2D eigenvalue weighted by molar-refractivity contribution is 0.287. The van der Waals surface area contributed by atoms with Gasteiger partial charge in [-0.2, -0.15) is 0 Å². The second-order valence-corrected chi connectivity index (χ2v) is 8.50. The number of nitrogens with zero attached hydrogens (tertiary/aromatic N) is 2. The number of nitrogens with one attached hydrogen (secondary N) is 1. The summed E-state index contributed by atoms with van der Waals surface area (Å²) in [5.74, 6) is 1.37. The Hall–Kier alpha value is -2.35. The molecule has 1 fully saturated rings. The molecule has 0 saturated carbocycles. The lowest BCUT2D eigenvalue weighted by Gasteiger charge is -2.17. The fraction of sp³-hybridized carbons (Fsp3) is 0.409. The van der Waals surface area contributed by atoms with E-state index in [1.807, 2.05) is 31.4 Å². The summed E-state index contributed by atoms with van der Waals surface area (Å²) >= 11 is 1.72. The molecule has 1 aliphatic heterocycles. The maximum absolute atomic E-state index is 12.8. The van der Waals surface area contributed by atoms with Gasteiger partial charge in [0.15, 0.2) is 11.5 Å². The van der Waals surface area contributed by atoms with Gasteiger partial charge in [0.05, 0.1) is 19.6 Å². The van der Waals surface area contributed by atoms with Crippen LogP contribution in [0, 0.1) is 0 Å². The fourth-order valence-corrected chi connectivity index (χ4v) is 5.09. The van der Waals surface area contributed by atoms with E-state index < -0.39 is 0 Å². The van der Waals surface area contributed by atoms with E-state index in [2.05, 4.69) is 16.3 Å². The van der Waals surface area contributed by atoms with Gasteiger partial charge in [0, 0.05) is 48.0 Å². The van der Waals surface area contributed by atoms with Gasteiger partial charge >= 0.3 is 0 Å². The normalized spacial score (nSPS) is 15.4. The lowest BCUT2D eigenvalue weighted by Crippen LogP contribution is -2.27.